The summed E-state index contributed by atoms with van der Waals surface area (Å²) in [6, 6.07) is 6.70. The summed E-state index contributed by atoms with van der Waals surface area (Å²) in [6.45, 7) is 7.57. The van der Waals surface area contributed by atoms with Gasteiger partial charge < -0.3 is 10.2 Å². The molecule has 2 atom stereocenters. The van der Waals surface area contributed by atoms with Crippen LogP contribution in [0.3, 0.4) is 0 Å². The Bertz CT molecular complexity index is 888. The first kappa shape index (κ1) is 22.9. The Balaban J connectivity index is 1.41. The number of hydrogen-bond donors (Lipinski definition) is 1. The van der Waals surface area contributed by atoms with Gasteiger partial charge in [-0.1, -0.05) is 26.0 Å². The molecule has 1 N–H and O–H groups in total. The minimum Gasteiger partial charge on any atom is -0.324 e. The van der Waals surface area contributed by atoms with Gasteiger partial charge in [-0.25, -0.2) is 18.0 Å². The second kappa shape index (κ2) is 9.30. The molecule has 2 amide bonds. The molecular formula is C25H32F3N3O. The lowest BCUT2D eigenvalue weighted by atomic mass is 9.63. The smallest absolute Gasteiger partial charge is 0.321 e. The minimum absolute atomic E-state index is 0.0613. The third kappa shape index (κ3) is 4.87. The molecule has 0 radical (unpaired) electrons. The number of hydrogen-bond acceptors (Lipinski definition) is 2. The fourth-order valence-corrected chi connectivity index (χ4v) is 5.28. The number of carbonyl (C=O) groups excluding carboxylic acids is 1. The summed E-state index contributed by atoms with van der Waals surface area (Å²) in [4.78, 5) is 16.9. The average molecular weight is 448 g/mol. The Morgan fingerprint density at radius 2 is 1.88 bits per heavy atom. The topological polar surface area (TPSA) is 35.6 Å². The first-order chi connectivity index (χ1) is 15.3. The van der Waals surface area contributed by atoms with Crippen LogP contribution in [0, 0.1) is 17.2 Å². The van der Waals surface area contributed by atoms with Crippen molar-refractivity contribution in [3.8, 4) is 0 Å². The molecule has 0 bridgehead atoms. The van der Waals surface area contributed by atoms with Crippen molar-refractivity contribution in [1.82, 2.24) is 15.1 Å². The van der Waals surface area contributed by atoms with E-state index in [0.717, 1.165) is 37.9 Å². The van der Waals surface area contributed by atoms with Crippen LogP contribution >= 0.6 is 0 Å². The van der Waals surface area contributed by atoms with E-state index in [1.807, 2.05) is 12.1 Å². The molecule has 2 aliphatic heterocycles. The SMILES string of the molecule is CC(C)CCN1CC2(CCN(C(=O)NC3=CC(F)CC(F)=C3)CC2)C1c1ccc(F)cc1. The molecule has 1 spiro atoms. The van der Waals surface area contributed by atoms with Gasteiger partial charge in [0.1, 0.15) is 17.8 Å². The third-order valence-electron chi connectivity index (χ3n) is 7.00. The van der Waals surface area contributed by atoms with Crippen LogP contribution in [0.5, 0.6) is 0 Å². The highest BCUT2D eigenvalue weighted by Gasteiger charge is 2.53. The molecule has 1 aromatic rings. The molecule has 7 heteroatoms. The predicted octanol–water partition coefficient (Wildman–Crippen LogP) is 5.50. The number of amides is 2. The molecule has 1 aliphatic carbocycles. The lowest BCUT2D eigenvalue weighted by Crippen LogP contribution is -2.63. The Morgan fingerprint density at radius 3 is 2.50 bits per heavy atom. The number of alkyl halides is 1. The van der Waals surface area contributed by atoms with Gasteiger partial charge in [-0.3, -0.25) is 4.90 Å². The molecule has 2 unspecified atom stereocenters. The molecule has 0 aromatic heterocycles. The third-order valence-corrected chi connectivity index (χ3v) is 7.00. The van der Waals surface area contributed by atoms with Crippen molar-refractivity contribution in [2.45, 2.75) is 51.7 Å². The number of halogens is 3. The van der Waals surface area contributed by atoms with Crippen molar-refractivity contribution < 1.29 is 18.0 Å². The molecule has 2 fully saturated rings. The standard InChI is InChI=1S/C25H32F3N3O/c1-17(2)7-10-31-16-25(23(31)18-3-5-19(26)6-4-18)8-11-30(12-9-25)24(32)29-22-14-20(27)13-21(28)15-22/h3-6,14-15,17,20,23H,7-13,16H2,1-2H3,(H,29,32). The first-order valence-corrected chi connectivity index (χ1v) is 11.5. The van der Waals surface area contributed by atoms with Crippen LogP contribution in [0.4, 0.5) is 18.0 Å². The van der Waals surface area contributed by atoms with E-state index in [0.29, 0.717) is 19.0 Å². The summed E-state index contributed by atoms with van der Waals surface area (Å²) >= 11 is 0. The van der Waals surface area contributed by atoms with Crippen LogP contribution in [0.25, 0.3) is 0 Å². The Morgan fingerprint density at radius 1 is 1.19 bits per heavy atom. The molecule has 32 heavy (non-hydrogen) atoms. The monoisotopic (exact) mass is 447 g/mol. The number of piperidine rings is 1. The molecule has 174 valence electrons. The molecule has 4 rings (SSSR count). The Kier molecular flexibility index (Phi) is 6.65. The second-order valence-corrected chi connectivity index (χ2v) is 9.82. The first-order valence-electron chi connectivity index (χ1n) is 11.5. The van der Waals surface area contributed by atoms with Crippen molar-refractivity contribution in [3.63, 3.8) is 0 Å². The highest BCUT2D eigenvalue weighted by Crippen LogP contribution is 2.55. The van der Waals surface area contributed by atoms with Crippen LogP contribution in [0.15, 0.2) is 47.9 Å². The zero-order chi connectivity index (χ0) is 22.9. The van der Waals surface area contributed by atoms with E-state index in [-0.39, 0.29) is 35.4 Å². The van der Waals surface area contributed by atoms with E-state index in [1.165, 1.54) is 24.3 Å². The lowest BCUT2D eigenvalue weighted by Gasteiger charge is -2.61. The number of urea groups is 1. The normalized spacial score (nSPS) is 25.4. The molecule has 0 saturated carbocycles. The van der Waals surface area contributed by atoms with Crippen LogP contribution in [0.2, 0.25) is 0 Å². The number of nitrogens with zero attached hydrogens (tertiary/aromatic N) is 2. The molecule has 1 aromatic carbocycles. The van der Waals surface area contributed by atoms with E-state index >= 15 is 0 Å². The highest BCUT2D eigenvalue weighted by atomic mass is 19.1. The fraction of sp³-hybridized carbons (Fsp3) is 0.560. The quantitative estimate of drug-likeness (QED) is 0.647. The summed E-state index contributed by atoms with van der Waals surface area (Å²) in [6.07, 6.45) is 3.53. The summed E-state index contributed by atoms with van der Waals surface area (Å²) in [5.41, 5.74) is 1.37. The second-order valence-electron chi connectivity index (χ2n) is 9.82. The van der Waals surface area contributed by atoms with Gasteiger partial charge in [0, 0.05) is 43.2 Å². The zero-order valence-corrected chi connectivity index (χ0v) is 18.8. The van der Waals surface area contributed by atoms with Gasteiger partial charge in [-0.15, -0.1) is 0 Å². The van der Waals surface area contributed by atoms with E-state index in [4.69, 9.17) is 0 Å². The largest absolute Gasteiger partial charge is 0.324 e. The number of rotatable bonds is 5. The van der Waals surface area contributed by atoms with E-state index in [2.05, 4.69) is 24.1 Å². The summed E-state index contributed by atoms with van der Waals surface area (Å²) in [5.74, 6) is -0.186. The maximum absolute atomic E-state index is 13.6. The number of carbonyl (C=O) groups is 1. The van der Waals surface area contributed by atoms with Crippen LogP contribution < -0.4 is 5.32 Å². The fourth-order valence-electron chi connectivity index (χ4n) is 5.28. The summed E-state index contributed by atoms with van der Waals surface area (Å²) < 4.78 is 40.6. The molecule has 4 nitrogen and oxygen atoms in total. The lowest BCUT2D eigenvalue weighted by molar-refractivity contribution is -0.109. The van der Waals surface area contributed by atoms with Crippen LogP contribution in [-0.4, -0.2) is 48.2 Å². The molecule has 2 saturated heterocycles. The number of likely N-dealkylation sites (tertiary alicyclic amines) is 2. The Labute approximate surface area is 188 Å². The number of benzene rings is 1. The van der Waals surface area contributed by atoms with Gasteiger partial charge in [0.05, 0.1) is 0 Å². The van der Waals surface area contributed by atoms with Crippen molar-refractivity contribution in [2.24, 2.45) is 11.3 Å². The van der Waals surface area contributed by atoms with Gasteiger partial charge >= 0.3 is 6.03 Å². The average Bonchev–Trinajstić information content (AvgIpc) is 2.72. The van der Waals surface area contributed by atoms with E-state index < -0.39 is 12.0 Å². The van der Waals surface area contributed by atoms with E-state index in [9.17, 15) is 18.0 Å². The maximum atomic E-state index is 13.6. The van der Waals surface area contributed by atoms with Gasteiger partial charge in [0.15, 0.2) is 0 Å². The number of allylic oxidation sites excluding steroid dienone is 3. The van der Waals surface area contributed by atoms with Gasteiger partial charge in [-0.05, 0) is 61.6 Å². The number of nitrogens with one attached hydrogen (secondary N) is 1. The highest BCUT2D eigenvalue weighted by molar-refractivity contribution is 5.77. The Hall–Kier alpha value is -2.28. The van der Waals surface area contributed by atoms with Crippen LogP contribution in [0.1, 0.15) is 51.1 Å². The van der Waals surface area contributed by atoms with E-state index in [1.54, 1.807) is 4.90 Å². The maximum Gasteiger partial charge on any atom is 0.321 e. The molecule has 2 heterocycles. The zero-order valence-electron chi connectivity index (χ0n) is 18.8. The van der Waals surface area contributed by atoms with Gasteiger partial charge in [-0.2, -0.15) is 0 Å². The molecule has 3 aliphatic rings. The predicted molar refractivity (Wildman–Crippen MR) is 119 cm³/mol. The van der Waals surface area contributed by atoms with Crippen LogP contribution in [-0.2, 0) is 0 Å². The van der Waals surface area contributed by atoms with Crippen molar-refractivity contribution in [2.75, 3.05) is 26.2 Å². The van der Waals surface area contributed by atoms with Gasteiger partial charge in [0.25, 0.3) is 0 Å². The van der Waals surface area contributed by atoms with Crippen molar-refractivity contribution in [3.05, 3.63) is 59.3 Å². The summed E-state index contributed by atoms with van der Waals surface area (Å²) in [7, 11) is 0. The van der Waals surface area contributed by atoms with Crippen molar-refractivity contribution >= 4 is 6.03 Å². The minimum atomic E-state index is -1.41. The molecular weight excluding hydrogens is 415 g/mol. The van der Waals surface area contributed by atoms with Crippen molar-refractivity contribution in [1.29, 1.82) is 0 Å². The summed E-state index contributed by atoms with van der Waals surface area (Å²) in [5, 5.41) is 2.64. The van der Waals surface area contributed by atoms with Gasteiger partial charge in [0.2, 0.25) is 0 Å².